The van der Waals surface area contributed by atoms with Gasteiger partial charge in [0, 0.05) is 25.8 Å². The fourth-order valence-electron chi connectivity index (χ4n) is 1.53. The van der Waals surface area contributed by atoms with Crippen molar-refractivity contribution in [2.24, 2.45) is 5.41 Å². The Bertz CT molecular complexity index is 399. The third-order valence-electron chi connectivity index (χ3n) is 2.71. The molecule has 0 amide bonds. The van der Waals surface area contributed by atoms with Gasteiger partial charge in [-0.3, -0.25) is 0 Å². The maximum Gasteiger partial charge on any atom is 0.158 e. The van der Waals surface area contributed by atoms with Crippen molar-refractivity contribution in [2.75, 3.05) is 25.1 Å². The van der Waals surface area contributed by atoms with Crippen LogP contribution in [0.2, 0.25) is 5.15 Å². The number of aliphatic hydroxyl groups excluding tert-OH is 1. The summed E-state index contributed by atoms with van der Waals surface area (Å²) in [5.41, 5.74) is -0.00768. The lowest BCUT2D eigenvalue weighted by Gasteiger charge is -2.24. The highest BCUT2D eigenvalue weighted by Gasteiger charge is 2.17. The summed E-state index contributed by atoms with van der Waals surface area (Å²) < 4.78 is 5.27. The Morgan fingerprint density at radius 2 is 2.16 bits per heavy atom. The normalized spacial score (nSPS) is 11.6. The van der Waals surface area contributed by atoms with Gasteiger partial charge in [0.2, 0.25) is 0 Å². The van der Waals surface area contributed by atoms with E-state index in [4.69, 9.17) is 21.4 Å². The summed E-state index contributed by atoms with van der Waals surface area (Å²) in [6.07, 6.45) is 0.727. The van der Waals surface area contributed by atoms with Gasteiger partial charge in [0.1, 0.15) is 17.6 Å². The summed E-state index contributed by atoms with van der Waals surface area (Å²) in [5, 5.41) is 12.6. The summed E-state index contributed by atoms with van der Waals surface area (Å²) >= 11 is 5.95. The van der Waals surface area contributed by atoms with E-state index >= 15 is 0 Å². The third kappa shape index (κ3) is 6.18. The molecule has 2 N–H and O–H groups in total. The van der Waals surface area contributed by atoms with Gasteiger partial charge in [-0.2, -0.15) is 0 Å². The molecule has 0 aromatic carbocycles. The van der Waals surface area contributed by atoms with Gasteiger partial charge in [-0.15, -0.1) is 0 Å². The van der Waals surface area contributed by atoms with Gasteiger partial charge in [0.25, 0.3) is 0 Å². The molecule has 1 rings (SSSR count). The van der Waals surface area contributed by atoms with E-state index < -0.39 is 0 Å². The average Bonchev–Trinajstić information content (AvgIpc) is 2.33. The SMILES string of the molecule is CCOCc1nc(Cl)cc(NCC(C)(C)CCO)n1. The molecule has 0 aliphatic rings. The minimum atomic E-state index is -0.00768. The van der Waals surface area contributed by atoms with E-state index in [1.807, 2.05) is 6.92 Å². The molecule has 1 aromatic rings. The molecule has 0 radical (unpaired) electrons. The Morgan fingerprint density at radius 3 is 2.79 bits per heavy atom. The largest absolute Gasteiger partial charge is 0.396 e. The van der Waals surface area contributed by atoms with Gasteiger partial charge in [0.05, 0.1) is 0 Å². The minimum Gasteiger partial charge on any atom is -0.396 e. The zero-order valence-corrected chi connectivity index (χ0v) is 12.5. The summed E-state index contributed by atoms with van der Waals surface area (Å²) in [6, 6.07) is 1.69. The number of rotatable bonds is 8. The lowest BCUT2D eigenvalue weighted by molar-refractivity contribution is 0.128. The monoisotopic (exact) mass is 287 g/mol. The molecule has 19 heavy (non-hydrogen) atoms. The maximum absolute atomic E-state index is 8.99. The molecule has 5 nitrogen and oxygen atoms in total. The van der Waals surface area contributed by atoms with Crippen LogP contribution in [0.3, 0.4) is 0 Å². The van der Waals surface area contributed by atoms with Crippen molar-refractivity contribution >= 4 is 17.4 Å². The van der Waals surface area contributed by atoms with Crippen molar-refractivity contribution in [3.05, 3.63) is 17.0 Å². The van der Waals surface area contributed by atoms with Crippen LogP contribution in [0.25, 0.3) is 0 Å². The summed E-state index contributed by atoms with van der Waals surface area (Å²) in [5.74, 6) is 1.25. The number of halogens is 1. The van der Waals surface area contributed by atoms with Crippen LogP contribution in [0.5, 0.6) is 0 Å². The maximum atomic E-state index is 8.99. The van der Waals surface area contributed by atoms with E-state index in [0.29, 0.717) is 36.6 Å². The van der Waals surface area contributed by atoms with Crippen LogP contribution in [0.15, 0.2) is 6.07 Å². The number of aromatic nitrogens is 2. The summed E-state index contributed by atoms with van der Waals surface area (Å²) in [4.78, 5) is 8.44. The second kappa shape index (κ2) is 7.62. The molecule has 0 saturated heterocycles. The molecule has 0 atom stereocenters. The summed E-state index contributed by atoms with van der Waals surface area (Å²) in [7, 11) is 0. The fourth-order valence-corrected chi connectivity index (χ4v) is 1.73. The Kier molecular flexibility index (Phi) is 6.48. The van der Waals surface area contributed by atoms with Gasteiger partial charge >= 0.3 is 0 Å². The van der Waals surface area contributed by atoms with Gasteiger partial charge in [-0.1, -0.05) is 25.4 Å². The Labute approximate surface area is 119 Å². The van der Waals surface area contributed by atoms with Crippen LogP contribution < -0.4 is 5.32 Å². The molecule has 0 fully saturated rings. The molecule has 0 spiro atoms. The number of nitrogens with one attached hydrogen (secondary N) is 1. The first kappa shape index (κ1) is 16.1. The molecule has 6 heteroatoms. The van der Waals surface area contributed by atoms with Crippen molar-refractivity contribution in [3.63, 3.8) is 0 Å². The number of ether oxygens (including phenoxy) is 1. The first-order valence-electron chi connectivity index (χ1n) is 6.43. The Hall–Kier alpha value is -0.910. The smallest absolute Gasteiger partial charge is 0.158 e. The summed E-state index contributed by atoms with van der Waals surface area (Å²) in [6.45, 7) is 7.93. The van der Waals surface area contributed by atoms with Crippen molar-refractivity contribution in [2.45, 2.75) is 33.8 Å². The number of anilines is 1. The molecule has 0 unspecified atom stereocenters. The van der Waals surface area contributed by atoms with Crippen molar-refractivity contribution in [3.8, 4) is 0 Å². The molecular formula is C13H22ClN3O2. The third-order valence-corrected chi connectivity index (χ3v) is 2.91. The van der Waals surface area contributed by atoms with E-state index in [9.17, 15) is 0 Å². The highest BCUT2D eigenvalue weighted by Crippen LogP contribution is 2.21. The van der Waals surface area contributed by atoms with Gasteiger partial charge in [-0.25, -0.2) is 9.97 Å². The van der Waals surface area contributed by atoms with Crippen LogP contribution in [-0.4, -0.2) is 34.8 Å². The highest BCUT2D eigenvalue weighted by molar-refractivity contribution is 6.29. The molecule has 1 heterocycles. The molecule has 0 aliphatic heterocycles. The van der Waals surface area contributed by atoms with Crippen molar-refractivity contribution in [1.82, 2.24) is 9.97 Å². The Morgan fingerprint density at radius 1 is 1.42 bits per heavy atom. The van der Waals surface area contributed by atoms with Gasteiger partial charge < -0.3 is 15.2 Å². The highest BCUT2D eigenvalue weighted by atomic mass is 35.5. The number of hydrogen-bond donors (Lipinski definition) is 2. The predicted molar refractivity (Wildman–Crippen MR) is 76.3 cm³/mol. The van der Waals surface area contributed by atoms with Crippen molar-refractivity contribution in [1.29, 1.82) is 0 Å². The molecule has 1 aromatic heterocycles. The first-order valence-corrected chi connectivity index (χ1v) is 6.80. The first-order chi connectivity index (χ1) is 8.96. The average molecular weight is 288 g/mol. The van der Waals surface area contributed by atoms with Crippen molar-refractivity contribution < 1.29 is 9.84 Å². The van der Waals surface area contributed by atoms with Crippen LogP contribution in [0.1, 0.15) is 33.0 Å². The van der Waals surface area contributed by atoms with Crippen LogP contribution >= 0.6 is 11.6 Å². The molecule has 108 valence electrons. The lowest BCUT2D eigenvalue weighted by Crippen LogP contribution is -2.24. The van der Waals surface area contributed by atoms with Gasteiger partial charge in [-0.05, 0) is 18.8 Å². The van der Waals surface area contributed by atoms with Gasteiger partial charge in [0.15, 0.2) is 5.82 Å². The van der Waals surface area contributed by atoms with Crippen LogP contribution in [-0.2, 0) is 11.3 Å². The second-order valence-electron chi connectivity index (χ2n) is 5.12. The second-order valence-corrected chi connectivity index (χ2v) is 5.51. The van der Waals surface area contributed by atoms with E-state index in [2.05, 4.69) is 29.1 Å². The van der Waals surface area contributed by atoms with E-state index in [1.54, 1.807) is 6.07 Å². The molecular weight excluding hydrogens is 266 g/mol. The number of nitrogens with zero attached hydrogens (tertiary/aromatic N) is 2. The molecule has 0 aliphatic carbocycles. The predicted octanol–water partition coefficient (Wildman–Crippen LogP) is 2.49. The molecule has 0 bridgehead atoms. The fraction of sp³-hybridized carbons (Fsp3) is 0.692. The zero-order chi connectivity index (χ0) is 14.3. The quantitative estimate of drug-likeness (QED) is 0.719. The van der Waals surface area contributed by atoms with E-state index in [-0.39, 0.29) is 12.0 Å². The Balaban J connectivity index is 2.65. The van der Waals surface area contributed by atoms with Crippen LogP contribution in [0.4, 0.5) is 5.82 Å². The van der Waals surface area contributed by atoms with Crippen LogP contribution in [0, 0.1) is 5.41 Å². The standard InChI is InChI=1S/C13H22ClN3O2/c1-4-19-8-12-16-10(14)7-11(17-12)15-9-13(2,3)5-6-18/h7,18H,4-6,8-9H2,1-3H3,(H,15,16,17). The topological polar surface area (TPSA) is 67.3 Å². The number of aliphatic hydroxyl groups is 1. The molecule has 0 saturated carbocycles. The lowest BCUT2D eigenvalue weighted by atomic mass is 9.90. The zero-order valence-electron chi connectivity index (χ0n) is 11.7. The van der Waals surface area contributed by atoms with E-state index in [0.717, 1.165) is 6.42 Å². The number of hydrogen-bond acceptors (Lipinski definition) is 5. The minimum absolute atomic E-state index is 0.00768. The van der Waals surface area contributed by atoms with E-state index in [1.165, 1.54) is 0 Å².